The lowest BCUT2D eigenvalue weighted by Gasteiger charge is -2.29. The zero-order valence-electron chi connectivity index (χ0n) is 29.8. The van der Waals surface area contributed by atoms with Crippen molar-refractivity contribution in [1.29, 1.82) is 0 Å². The molecule has 1 heterocycles. The van der Waals surface area contributed by atoms with Gasteiger partial charge in [0.2, 0.25) is 0 Å². The first-order chi connectivity index (χ1) is 26.0. The van der Waals surface area contributed by atoms with Gasteiger partial charge >= 0.3 is 0 Å². The van der Waals surface area contributed by atoms with Crippen LogP contribution in [0.4, 0.5) is 17.1 Å². The van der Waals surface area contributed by atoms with Gasteiger partial charge in [0.25, 0.3) is 0 Å². The molecule has 10 rings (SSSR count). The van der Waals surface area contributed by atoms with E-state index in [1.165, 1.54) is 44.5 Å². The summed E-state index contributed by atoms with van der Waals surface area (Å²) in [7, 11) is 0. The number of nitrogens with zero attached hydrogens (tertiary/aromatic N) is 1. The Hall–Kier alpha value is -6.64. The smallest absolute Gasteiger partial charge is 0.143 e. The predicted octanol–water partition coefficient (Wildman–Crippen LogP) is 14.4. The molecule has 0 unspecified atom stereocenters. The van der Waals surface area contributed by atoms with Crippen molar-refractivity contribution >= 4 is 39.0 Å². The lowest BCUT2D eigenvalue weighted by Crippen LogP contribution is -2.14. The number of fused-ring (bicyclic) bond motifs is 6. The number of hydrogen-bond acceptors (Lipinski definition) is 2. The second-order valence-electron chi connectivity index (χ2n) is 14.5. The van der Waals surface area contributed by atoms with Crippen LogP contribution in [-0.2, 0) is 5.41 Å². The summed E-state index contributed by atoms with van der Waals surface area (Å²) in [5.41, 5.74) is 17.4. The zero-order chi connectivity index (χ0) is 35.5. The van der Waals surface area contributed by atoms with Gasteiger partial charge < -0.3 is 9.32 Å². The molecule has 0 N–H and O–H groups in total. The molecule has 0 atom stereocenters. The maximum Gasteiger partial charge on any atom is 0.143 e. The standard InChI is InChI=1S/C51H37NO/c1-51(2)46-23-9-6-19-42(46)45-33-37(28-31-47(45)51)40-18-7-10-24-48(40)52(39-17-12-16-36(32-39)34-14-4-3-5-15-34)38-29-26-35(27-30-38)41-21-13-22-44-43-20-8-11-25-49(43)53-50(41)44/h3-33H,1-2H3. The van der Waals surface area contributed by atoms with E-state index >= 15 is 0 Å². The highest BCUT2D eigenvalue weighted by Crippen LogP contribution is 2.51. The van der Waals surface area contributed by atoms with Crippen LogP contribution in [0.2, 0.25) is 0 Å². The molecule has 0 radical (unpaired) electrons. The molecule has 0 saturated heterocycles. The number of benzene rings is 8. The Bertz CT molecular complexity index is 2810. The highest BCUT2D eigenvalue weighted by molar-refractivity contribution is 6.09. The third kappa shape index (κ3) is 5.10. The summed E-state index contributed by atoms with van der Waals surface area (Å²) in [5, 5.41) is 2.27. The molecule has 8 aromatic carbocycles. The topological polar surface area (TPSA) is 16.4 Å². The van der Waals surface area contributed by atoms with E-state index in [1.807, 2.05) is 12.1 Å². The van der Waals surface area contributed by atoms with Crippen molar-refractivity contribution in [3.8, 4) is 44.5 Å². The van der Waals surface area contributed by atoms with Crippen molar-refractivity contribution in [3.05, 3.63) is 199 Å². The minimum absolute atomic E-state index is 0.0394. The van der Waals surface area contributed by atoms with Gasteiger partial charge in [0.1, 0.15) is 11.2 Å². The average molecular weight is 680 g/mol. The quantitative estimate of drug-likeness (QED) is 0.174. The normalized spacial score (nSPS) is 12.9. The Balaban J connectivity index is 1.13. The van der Waals surface area contributed by atoms with E-state index in [2.05, 4.69) is 195 Å². The predicted molar refractivity (Wildman–Crippen MR) is 222 cm³/mol. The van der Waals surface area contributed by atoms with Crippen molar-refractivity contribution in [2.45, 2.75) is 19.3 Å². The van der Waals surface area contributed by atoms with Gasteiger partial charge in [-0.15, -0.1) is 0 Å². The fourth-order valence-electron chi connectivity index (χ4n) is 8.45. The lowest BCUT2D eigenvalue weighted by molar-refractivity contribution is 0.660. The first-order valence-corrected chi connectivity index (χ1v) is 18.3. The monoisotopic (exact) mass is 679 g/mol. The molecule has 1 aliphatic carbocycles. The average Bonchev–Trinajstić information content (AvgIpc) is 3.71. The molecule has 53 heavy (non-hydrogen) atoms. The van der Waals surface area contributed by atoms with Gasteiger partial charge in [-0.1, -0.05) is 159 Å². The Morgan fingerprint density at radius 2 is 1.04 bits per heavy atom. The molecule has 0 amide bonds. The summed E-state index contributed by atoms with van der Waals surface area (Å²) in [6, 6.07) is 67.9. The fourth-order valence-corrected chi connectivity index (χ4v) is 8.45. The Labute approximate surface area is 310 Å². The number of anilines is 3. The highest BCUT2D eigenvalue weighted by Gasteiger charge is 2.35. The summed E-state index contributed by atoms with van der Waals surface area (Å²) in [4.78, 5) is 2.40. The fraction of sp³-hybridized carbons (Fsp3) is 0.0588. The number of hydrogen-bond donors (Lipinski definition) is 0. The number of para-hydroxylation sites is 3. The lowest BCUT2D eigenvalue weighted by atomic mass is 9.82. The molecule has 0 aliphatic heterocycles. The Morgan fingerprint density at radius 1 is 0.396 bits per heavy atom. The summed E-state index contributed by atoms with van der Waals surface area (Å²) >= 11 is 0. The van der Waals surface area contributed by atoms with E-state index in [0.717, 1.165) is 50.1 Å². The molecule has 0 spiro atoms. The molecule has 2 nitrogen and oxygen atoms in total. The van der Waals surface area contributed by atoms with E-state index in [9.17, 15) is 0 Å². The van der Waals surface area contributed by atoms with Gasteiger partial charge in [0.05, 0.1) is 5.69 Å². The molecule has 252 valence electrons. The summed E-state index contributed by atoms with van der Waals surface area (Å²) in [6.07, 6.45) is 0. The molecule has 0 bridgehead atoms. The second-order valence-corrected chi connectivity index (χ2v) is 14.5. The number of rotatable bonds is 6. The summed E-state index contributed by atoms with van der Waals surface area (Å²) in [5.74, 6) is 0. The van der Waals surface area contributed by atoms with Crippen LogP contribution in [0.3, 0.4) is 0 Å². The van der Waals surface area contributed by atoms with E-state index in [1.54, 1.807) is 0 Å². The Morgan fingerprint density at radius 3 is 1.91 bits per heavy atom. The molecule has 9 aromatic rings. The Kier molecular flexibility index (Phi) is 7.19. The van der Waals surface area contributed by atoms with Crippen LogP contribution in [0, 0.1) is 0 Å². The molecule has 2 heteroatoms. The van der Waals surface area contributed by atoms with Crippen LogP contribution in [0.15, 0.2) is 192 Å². The van der Waals surface area contributed by atoms with E-state index < -0.39 is 0 Å². The third-order valence-corrected chi connectivity index (χ3v) is 11.1. The highest BCUT2D eigenvalue weighted by atomic mass is 16.3. The van der Waals surface area contributed by atoms with Crippen LogP contribution in [0.25, 0.3) is 66.4 Å². The molecular weight excluding hydrogens is 643 g/mol. The largest absolute Gasteiger partial charge is 0.455 e. The van der Waals surface area contributed by atoms with E-state index in [-0.39, 0.29) is 5.41 Å². The van der Waals surface area contributed by atoms with E-state index in [0.29, 0.717) is 0 Å². The second kappa shape index (κ2) is 12.3. The van der Waals surface area contributed by atoms with Gasteiger partial charge in [-0.2, -0.15) is 0 Å². The molecule has 1 aromatic heterocycles. The minimum atomic E-state index is -0.0394. The first-order valence-electron chi connectivity index (χ1n) is 18.3. The summed E-state index contributed by atoms with van der Waals surface area (Å²) in [6.45, 7) is 4.68. The maximum atomic E-state index is 6.43. The molecular formula is C51H37NO. The van der Waals surface area contributed by atoms with E-state index in [4.69, 9.17) is 4.42 Å². The third-order valence-electron chi connectivity index (χ3n) is 11.1. The van der Waals surface area contributed by atoms with Crippen molar-refractivity contribution in [3.63, 3.8) is 0 Å². The van der Waals surface area contributed by atoms with Gasteiger partial charge in [0, 0.05) is 38.7 Å². The van der Waals surface area contributed by atoms with Crippen molar-refractivity contribution in [2.24, 2.45) is 0 Å². The molecule has 0 saturated carbocycles. The van der Waals surface area contributed by atoms with Crippen molar-refractivity contribution < 1.29 is 4.42 Å². The minimum Gasteiger partial charge on any atom is -0.455 e. The van der Waals surface area contributed by atoms with Crippen molar-refractivity contribution in [1.82, 2.24) is 0 Å². The summed E-state index contributed by atoms with van der Waals surface area (Å²) < 4.78 is 6.43. The van der Waals surface area contributed by atoms with Gasteiger partial charge in [0.15, 0.2) is 0 Å². The van der Waals surface area contributed by atoms with Gasteiger partial charge in [-0.3, -0.25) is 0 Å². The van der Waals surface area contributed by atoms with Crippen LogP contribution >= 0.6 is 0 Å². The van der Waals surface area contributed by atoms with Crippen LogP contribution < -0.4 is 4.90 Å². The van der Waals surface area contributed by atoms with Crippen molar-refractivity contribution in [2.75, 3.05) is 4.90 Å². The maximum absolute atomic E-state index is 6.43. The SMILES string of the molecule is CC1(C)c2ccccc2-c2cc(-c3ccccc3N(c3ccc(-c4cccc5c4oc4ccccc45)cc3)c3cccc(-c4ccccc4)c3)ccc21. The number of furan rings is 1. The van der Waals surface area contributed by atoms with Gasteiger partial charge in [-0.25, -0.2) is 0 Å². The van der Waals surface area contributed by atoms with Crippen LogP contribution in [-0.4, -0.2) is 0 Å². The zero-order valence-corrected chi connectivity index (χ0v) is 29.8. The first kappa shape index (κ1) is 31.1. The van der Waals surface area contributed by atoms with Gasteiger partial charge in [-0.05, 0) is 87.0 Å². The molecule has 0 fully saturated rings. The van der Waals surface area contributed by atoms with Crippen LogP contribution in [0.1, 0.15) is 25.0 Å². The van der Waals surface area contributed by atoms with Crippen LogP contribution in [0.5, 0.6) is 0 Å². The molecule has 1 aliphatic rings.